The average Bonchev–Trinajstić information content (AvgIpc) is 2.26. The number of hydrogen-bond donors (Lipinski definition) is 0. The molecule has 6 heteroatoms. The monoisotopic (exact) mass is 250 g/mol. The van der Waals surface area contributed by atoms with Crippen LogP contribution in [0.2, 0.25) is 0 Å². The minimum atomic E-state index is -4.44. The van der Waals surface area contributed by atoms with Gasteiger partial charge in [0.25, 0.3) is 0 Å². The van der Waals surface area contributed by atoms with Gasteiger partial charge < -0.3 is 4.74 Å². The maximum atomic E-state index is 12.5. The van der Waals surface area contributed by atoms with Gasteiger partial charge in [-0.25, -0.2) is 0 Å². The van der Waals surface area contributed by atoms with E-state index in [9.17, 15) is 13.2 Å². The minimum absolute atomic E-state index is 0.0451. The normalized spacial score (nSPS) is 28.7. The van der Waals surface area contributed by atoms with Crippen LogP contribution in [0.3, 0.4) is 0 Å². The Kier molecular flexibility index (Phi) is 4.78. The number of nitriles is 1. The lowest BCUT2D eigenvalue weighted by molar-refractivity contribution is -0.165. The van der Waals surface area contributed by atoms with Crippen molar-refractivity contribution in [3.05, 3.63) is 0 Å². The molecule has 1 fully saturated rings. The van der Waals surface area contributed by atoms with Crippen LogP contribution < -0.4 is 0 Å². The molecule has 0 aliphatic carbocycles. The number of piperidine rings is 1. The third-order valence-electron chi connectivity index (χ3n) is 3.27. The van der Waals surface area contributed by atoms with Gasteiger partial charge in [-0.1, -0.05) is 6.92 Å². The van der Waals surface area contributed by atoms with E-state index in [-0.39, 0.29) is 12.6 Å². The van der Waals surface area contributed by atoms with Gasteiger partial charge in [-0.3, -0.25) is 4.90 Å². The number of halogens is 3. The third-order valence-corrected chi connectivity index (χ3v) is 3.27. The van der Waals surface area contributed by atoms with Crippen molar-refractivity contribution in [1.82, 2.24) is 4.90 Å². The number of hydrogen-bond acceptors (Lipinski definition) is 3. The second kappa shape index (κ2) is 5.69. The van der Waals surface area contributed by atoms with Crippen LogP contribution in [0.4, 0.5) is 13.2 Å². The highest BCUT2D eigenvalue weighted by Crippen LogP contribution is 2.28. The molecule has 1 rings (SSSR count). The molecule has 0 spiro atoms. The molecular formula is C11H17F3N2O. The summed E-state index contributed by atoms with van der Waals surface area (Å²) in [5.74, 6) is -1.56. The molecule has 0 saturated carbocycles. The van der Waals surface area contributed by atoms with Crippen molar-refractivity contribution in [3.8, 4) is 6.07 Å². The molecule has 0 aromatic heterocycles. The van der Waals surface area contributed by atoms with Gasteiger partial charge in [0.2, 0.25) is 0 Å². The van der Waals surface area contributed by atoms with Gasteiger partial charge in [0.05, 0.1) is 12.2 Å². The van der Waals surface area contributed by atoms with Gasteiger partial charge in [-0.2, -0.15) is 18.4 Å². The Bertz CT molecular complexity index is 287. The van der Waals surface area contributed by atoms with Crippen LogP contribution in [0, 0.1) is 23.2 Å². The Labute approximate surface area is 99.1 Å². The lowest BCUT2D eigenvalue weighted by Crippen LogP contribution is -2.47. The number of nitrogens with zero attached hydrogens (tertiary/aromatic N) is 2. The zero-order chi connectivity index (χ0) is 13.1. The fourth-order valence-electron chi connectivity index (χ4n) is 2.05. The average molecular weight is 250 g/mol. The number of alkyl halides is 3. The molecule has 3 unspecified atom stereocenters. The first-order valence-corrected chi connectivity index (χ1v) is 5.60. The standard InChI is InChI=1S/C11H17F3N2O/c1-8-3-4-16(7-10(8)17-2)6-9(5-15)11(12,13)14/h8-10H,3-4,6-7H2,1-2H3. The van der Waals surface area contributed by atoms with Crippen LogP contribution in [0.25, 0.3) is 0 Å². The predicted molar refractivity (Wildman–Crippen MR) is 56.2 cm³/mol. The molecule has 0 amide bonds. The lowest BCUT2D eigenvalue weighted by Gasteiger charge is -2.37. The Morgan fingerprint density at radius 1 is 1.53 bits per heavy atom. The van der Waals surface area contributed by atoms with Crippen LogP contribution >= 0.6 is 0 Å². The Hall–Kier alpha value is -0.800. The summed E-state index contributed by atoms with van der Waals surface area (Å²) in [7, 11) is 1.57. The van der Waals surface area contributed by atoms with Crippen molar-refractivity contribution in [2.24, 2.45) is 11.8 Å². The first-order chi connectivity index (χ1) is 7.88. The Morgan fingerprint density at radius 3 is 2.65 bits per heavy atom. The molecule has 3 nitrogen and oxygen atoms in total. The van der Waals surface area contributed by atoms with Gasteiger partial charge in [-0.15, -0.1) is 0 Å². The van der Waals surface area contributed by atoms with E-state index >= 15 is 0 Å². The van der Waals surface area contributed by atoms with E-state index in [1.807, 2.05) is 6.92 Å². The smallest absolute Gasteiger partial charge is 0.380 e. The summed E-state index contributed by atoms with van der Waals surface area (Å²) < 4.78 is 42.6. The van der Waals surface area contributed by atoms with E-state index in [1.165, 1.54) is 6.07 Å². The van der Waals surface area contributed by atoms with Gasteiger partial charge in [0.1, 0.15) is 0 Å². The molecule has 3 atom stereocenters. The number of rotatable bonds is 3. The molecule has 0 N–H and O–H groups in total. The maximum absolute atomic E-state index is 12.5. The summed E-state index contributed by atoms with van der Waals surface area (Å²) in [6.45, 7) is 2.82. The van der Waals surface area contributed by atoms with Gasteiger partial charge in [-0.05, 0) is 18.9 Å². The summed E-state index contributed by atoms with van der Waals surface area (Å²) in [6.07, 6.45) is -3.69. The van der Waals surface area contributed by atoms with Crippen LogP contribution in [0.5, 0.6) is 0 Å². The third kappa shape index (κ3) is 3.86. The van der Waals surface area contributed by atoms with Crippen molar-refractivity contribution in [1.29, 1.82) is 5.26 Å². The van der Waals surface area contributed by atoms with Crippen molar-refractivity contribution >= 4 is 0 Å². The fraction of sp³-hybridized carbons (Fsp3) is 0.909. The van der Waals surface area contributed by atoms with Gasteiger partial charge in [0.15, 0.2) is 5.92 Å². The van der Waals surface area contributed by atoms with Crippen LogP contribution in [0.1, 0.15) is 13.3 Å². The summed E-state index contributed by atoms with van der Waals surface area (Å²) in [5.41, 5.74) is 0. The van der Waals surface area contributed by atoms with Gasteiger partial charge >= 0.3 is 6.18 Å². The van der Waals surface area contributed by atoms with Crippen molar-refractivity contribution in [2.45, 2.75) is 25.6 Å². The molecule has 17 heavy (non-hydrogen) atoms. The van der Waals surface area contributed by atoms with E-state index in [4.69, 9.17) is 10.00 Å². The molecule has 98 valence electrons. The molecule has 1 heterocycles. The van der Waals surface area contributed by atoms with Crippen molar-refractivity contribution in [3.63, 3.8) is 0 Å². The first-order valence-electron chi connectivity index (χ1n) is 5.60. The fourth-order valence-corrected chi connectivity index (χ4v) is 2.05. The van der Waals surface area contributed by atoms with Crippen molar-refractivity contribution < 1.29 is 17.9 Å². The Balaban J connectivity index is 2.55. The molecule has 0 radical (unpaired) electrons. The quantitative estimate of drug-likeness (QED) is 0.769. The zero-order valence-electron chi connectivity index (χ0n) is 10.00. The SMILES string of the molecule is COC1CN(CC(C#N)C(F)(F)F)CCC1C. The van der Waals surface area contributed by atoms with E-state index in [0.717, 1.165) is 6.42 Å². The Morgan fingerprint density at radius 2 is 2.18 bits per heavy atom. The lowest BCUT2D eigenvalue weighted by atomic mass is 9.95. The zero-order valence-corrected chi connectivity index (χ0v) is 10.00. The minimum Gasteiger partial charge on any atom is -0.380 e. The van der Waals surface area contributed by atoms with Gasteiger partial charge in [0, 0.05) is 20.2 Å². The second-order valence-electron chi connectivity index (χ2n) is 4.52. The van der Waals surface area contributed by atoms with Crippen LogP contribution in [0.15, 0.2) is 0 Å². The summed E-state index contributed by atoms with van der Waals surface area (Å²) in [6, 6.07) is 1.33. The highest BCUT2D eigenvalue weighted by molar-refractivity contribution is 4.92. The molecule has 1 saturated heterocycles. The van der Waals surface area contributed by atoms with Crippen molar-refractivity contribution in [2.75, 3.05) is 26.7 Å². The maximum Gasteiger partial charge on any atom is 0.405 e. The second-order valence-corrected chi connectivity index (χ2v) is 4.52. The highest BCUT2D eigenvalue weighted by atomic mass is 19.4. The number of methoxy groups -OCH3 is 1. The van der Waals surface area contributed by atoms with E-state index in [1.54, 1.807) is 12.0 Å². The molecular weight excluding hydrogens is 233 g/mol. The van der Waals surface area contributed by atoms with E-state index < -0.39 is 12.1 Å². The van der Waals surface area contributed by atoms with Crippen LogP contribution in [-0.4, -0.2) is 43.9 Å². The van der Waals surface area contributed by atoms with E-state index in [2.05, 4.69) is 0 Å². The largest absolute Gasteiger partial charge is 0.405 e. The topological polar surface area (TPSA) is 36.3 Å². The summed E-state index contributed by atoms with van der Waals surface area (Å²) in [5, 5.41) is 8.54. The predicted octanol–water partition coefficient (Wildman–Crippen LogP) is 2.05. The molecule has 0 bridgehead atoms. The van der Waals surface area contributed by atoms with Crippen LogP contribution in [-0.2, 0) is 4.74 Å². The molecule has 0 aromatic rings. The summed E-state index contributed by atoms with van der Waals surface area (Å²) >= 11 is 0. The number of likely N-dealkylation sites (tertiary alicyclic amines) is 1. The number of ether oxygens (including phenoxy) is 1. The first kappa shape index (κ1) is 14.3. The summed E-state index contributed by atoms with van der Waals surface area (Å²) in [4.78, 5) is 1.66. The molecule has 0 aromatic carbocycles. The molecule has 1 aliphatic heterocycles. The highest BCUT2D eigenvalue weighted by Gasteiger charge is 2.41. The van der Waals surface area contributed by atoms with E-state index in [0.29, 0.717) is 19.0 Å². The molecule has 1 aliphatic rings.